The molecule has 0 fully saturated rings. The number of hydrogen-bond acceptors (Lipinski definition) is 4. The van der Waals surface area contributed by atoms with Gasteiger partial charge in [-0.1, -0.05) is 48.0 Å². The minimum absolute atomic E-state index is 0.549. The van der Waals surface area contributed by atoms with E-state index in [0.29, 0.717) is 12.4 Å². The topological polar surface area (TPSA) is 46.5 Å². The molecule has 3 aromatic rings. The van der Waals surface area contributed by atoms with Crippen LogP contribution < -0.4 is 10.2 Å². The van der Waals surface area contributed by atoms with Crippen LogP contribution in [0.15, 0.2) is 78.0 Å². The number of pyridine rings is 1. The maximum atomic E-state index is 5.84. The molecule has 1 N–H and O–H groups in total. The zero-order valence-electron chi connectivity index (χ0n) is 13.5. The number of nitrogens with zero attached hydrogens (tertiary/aromatic N) is 2. The van der Waals surface area contributed by atoms with Gasteiger partial charge in [-0.25, -0.2) is 4.98 Å². The molecule has 0 spiro atoms. The third-order valence-electron chi connectivity index (χ3n) is 3.44. The van der Waals surface area contributed by atoms with Gasteiger partial charge in [0.2, 0.25) is 0 Å². The van der Waals surface area contributed by atoms with Crippen molar-refractivity contribution < 1.29 is 4.74 Å². The van der Waals surface area contributed by atoms with Gasteiger partial charge in [-0.2, -0.15) is 5.10 Å². The fourth-order valence-electron chi connectivity index (χ4n) is 2.14. The van der Waals surface area contributed by atoms with Crippen LogP contribution in [-0.4, -0.2) is 11.2 Å². The Kier molecular flexibility index (Phi) is 5.20. The van der Waals surface area contributed by atoms with E-state index in [2.05, 4.69) is 46.7 Å². The second kappa shape index (κ2) is 7.92. The fourth-order valence-corrected chi connectivity index (χ4v) is 2.14. The Morgan fingerprint density at radius 2 is 1.92 bits per heavy atom. The number of benzene rings is 2. The van der Waals surface area contributed by atoms with Gasteiger partial charge in [0.1, 0.15) is 18.2 Å². The number of aromatic nitrogens is 1. The molecule has 0 unspecified atom stereocenters. The summed E-state index contributed by atoms with van der Waals surface area (Å²) >= 11 is 0. The van der Waals surface area contributed by atoms with Crippen molar-refractivity contribution in [1.29, 1.82) is 0 Å². The Bertz CT molecular complexity index is 799. The molecule has 0 bridgehead atoms. The monoisotopic (exact) mass is 317 g/mol. The quantitative estimate of drug-likeness (QED) is 0.541. The third kappa shape index (κ3) is 4.68. The molecule has 4 heteroatoms. The van der Waals surface area contributed by atoms with E-state index < -0.39 is 0 Å². The molecule has 1 heterocycles. The van der Waals surface area contributed by atoms with Gasteiger partial charge < -0.3 is 4.74 Å². The summed E-state index contributed by atoms with van der Waals surface area (Å²) in [5, 5.41) is 4.19. The predicted molar refractivity (Wildman–Crippen MR) is 97.4 cm³/mol. The third-order valence-corrected chi connectivity index (χ3v) is 3.44. The highest BCUT2D eigenvalue weighted by molar-refractivity contribution is 5.80. The average molecular weight is 317 g/mol. The number of hydrazone groups is 1. The van der Waals surface area contributed by atoms with Gasteiger partial charge in [0.05, 0.1) is 6.21 Å². The molecule has 0 aliphatic rings. The van der Waals surface area contributed by atoms with Crippen molar-refractivity contribution in [3.63, 3.8) is 0 Å². The van der Waals surface area contributed by atoms with Crippen LogP contribution in [0, 0.1) is 6.92 Å². The van der Waals surface area contributed by atoms with E-state index in [-0.39, 0.29) is 0 Å². The number of ether oxygens (including phenoxy) is 1. The molecule has 0 aliphatic carbocycles. The molecule has 0 atom stereocenters. The van der Waals surface area contributed by atoms with Crippen LogP contribution in [0.25, 0.3) is 0 Å². The highest BCUT2D eigenvalue weighted by atomic mass is 16.5. The molecule has 0 aliphatic heterocycles. The largest absolute Gasteiger partial charge is 0.489 e. The predicted octanol–water partition coefficient (Wildman–Crippen LogP) is 4.42. The van der Waals surface area contributed by atoms with Gasteiger partial charge in [-0.05, 0) is 42.3 Å². The maximum Gasteiger partial charge on any atom is 0.146 e. The summed E-state index contributed by atoms with van der Waals surface area (Å²) in [6.45, 7) is 2.62. The van der Waals surface area contributed by atoms with E-state index in [4.69, 9.17) is 4.74 Å². The summed E-state index contributed by atoms with van der Waals surface area (Å²) in [6.07, 6.45) is 3.46. The highest BCUT2D eigenvalue weighted by Gasteiger charge is 1.97. The number of hydrogen-bond donors (Lipinski definition) is 1. The molecule has 0 amide bonds. The summed E-state index contributed by atoms with van der Waals surface area (Å²) in [6, 6.07) is 21.8. The van der Waals surface area contributed by atoms with Gasteiger partial charge in [0.15, 0.2) is 0 Å². The van der Waals surface area contributed by atoms with Crippen molar-refractivity contribution in [2.24, 2.45) is 5.10 Å². The standard InChI is InChI=1S/C20H19N3O/c1-16-8-10-17(11-9-16)15-24-19-6-4-5-18(13-19)14-22-23-20-7-2-3-12-21-20/h2-14H,15H2,1H3,(H,21,23). The van der Waals surface area contributed by atoms with Crippen LogP contribution in [0.3, 0.4) is 0 Å². The van der Waals surface area contributed by atoms with E-state index in [1.807, 2.05) is 42.5 Å². The van der Waals surface area contributed by atoms with E-state index in [9.17, 15) is 0 Å². The van der Waals surface area contributed by atoms with Crippen LogP contribution in [0.4, 0.5) is 5.82 Å². The number of nitrogens with one attached hydrogen (secondary N) is 1. The summed E-state index contributed by atoms with van der Waals surface area (Å²) in [7, 11) is 0. The van der Waals surface area contributed by atoms with Crippen LogP contribution in [-0.2, 0) is 6.61 Å². The second-order valence-electron chi connectivity index (χ2n) is 5.43. The van der Waals surface area contributed by atoms with Crippen molar-refractivity contribution in [1.82, 2.24) is 4.98 Å². The molecular formula is C20H19N3O. The zero-order valence-corrected chi connectivity index (χ0v) is 13.5. The van der Waals surface area contributed by atoms with E-state index >= 15 is 0 Å². The van der Waals surface area contributed by atoms with Crippen LogP contribution in [0.1, 0.15) is 16.7 Å². The molecule has 0 radical (unpaired) electrons. The molecule has 4 nitrogen and oxygen atoms in total. The second-order valence-corrected chi connectivity index (χ2v) is 5.43. The molecule has 24 heavy (non-hydrogen) atoms. The van der Waals surface area contributed by atoms with Gasteiger partial charge in [-0.3, -0.25) is 5.43 Å². The van der Waals surface area contributed by atoms with E-state index in [1.165, 1.54) is 5.56 Å². The minimum Gasteiger partial charge on any atom is -0.489 e. The molecule has 120 valence electrons. The van der Waals surface area contributed by atoms with Crippen molar-refractivity contribution in [3.05, 3.63) is 89.6 Å². The van der Waals surface area contributed by atoms with Gasteiger partial charge in [0, 0.05) is 6.20 Å². The van der Waals surface area contributed by atoms with Gasteiger partial charge in [-0.15, -0.1) is 0 Å². The number of rotatable bonds is 6. The lowest BCUT2D eigenvalue weighted by molar-refractivity contribution is 0.306. The van der Waals surface area contributed by atoms with Gasteiger partial charge in [0.25, 0.3) is 0 Å². The van der Waals surface area contributed by atoms with E-state index in [0.717, 1.165) is 16.9 Å². The van der Waals surface area contributed by atoms with Crippen molar-refractivity contribution in [3.8, 4) is 5.75 Å². The smallest absolute Gasteiger partial charge is 0.146 e. The number of anilines is 1. The van der Waals surface area contributed by atoms with Gasteiger partial charge >= 0.3 is 0 Å². The summed E-state index contributed by atoms with van der Waals surface area (Å²) in [5.74, 6) is 1.53. The Balaban J connectivity index is 1.58. The molecule has 2 aromatic carbocycles. The summed E-state index contributed by atoms with van der Waals surface area (Å²) in [4.78, 5) is 4.15. The SMILES string of the molecule is Cc1ccc(COc2cccc(C=NNc3ccccn3)c2)cc1. The lowest BCUT2D eigenvalue weighted by Crippen LogP contribution is -1.96. The maximum absolute atomic E-state index is 5.84. The molecule has 0 saturated carbocycles. The fraction of sp³-hybridized carbons (Fsp3) is 0.100. The first-order chi connectivity index (χ1) is 11.8. The number of aryl methyl sites for hydroxylation is 1. The van der Waals surface area contributed by atoms with Crippen molar-refractivity contribution >= 4 is 12.0 Å². The molecule has 3 rings (SSSR count). The average Bonchev–Trinajstić information content (AvgIpc) is 2.63. The zero-order chi connectivity index (χ0) is 16.6. The lowest BCUT2D eigenvalue weighted by atomic mass is 10.2. The van der Waals surface area contributed by atoms with Crippen LogP contribution in [0.5, 0.6) is 5.75 Å². The van der Waals surface area contributed by atoms with Crippen molar-refractivity contribution in [2.75, 3.05) is 5.43 Å². The Morgan fingerprint density at radius 3 is 2.71 bits per heavy atom. The Hall–Kier alpha value is -3.14. The minimum atomic E-state index is 0.549. The highest BCUT2D eigenvalue weighted by Crippen LogP contribution is 2.14. The summed E-state index contributed by atoms with van der Waals surface area (Å²) < 4.78 is 5.84. The molecule has 0 saturated heterocycles. The summed E-state index contributed by atoms with van der Waals surface area (Å²) in [5.41, 5.74) is 6.25. The van der Waals surface area contributed by atoms with Crippen LogP contribution >= 0.6 is 0 Å². The Labute approximate surface area is 141 Å². The first kappa shape index (κ1) is 15.7. The normalized spacial score (nSPS) is 10.7. The molecular weight excluding hydrogens is 298 g/mol. The Morgan fingerprint density at radius 1 is 1.04 bits per heavy atom. The van der Waals surface area contributed by atoms with E-state index in [1.54, 1.807) is 12.4 Å². The lowest BCUT2D eigenvalue weighted by Gasteiger charge is -2.07. The van der Waals surface area contributed by atoms with Crippen molar-refractivity contribution in [2.45, 2.75) is 13.5 Å². The van der Waals surface area contributed by atoms with Crippen LogP contribution in [0.2, 0.25) is 0 Å². The first-order valence-corrected chi connectivity index (χ1v) is 7.78. The molecule has 1 aromatic heterocycles. The first-order valence-electron chi connectivity index (χ1n) is 7.78.